The first kappa shape index (κ1) is 15.9. The SMILES string of the molecule is CN(C)C(=O)c1ccc([N+](=O)[O-])c(OCC(C)(C)N)c1. The van der Waals surface area contributed by atoms with Crippen LogP contribution in [0.4, 0.5) is 5.69 Å². The van der Waals surface area contributed by atoms with Crippen molar-refractivity contribution in [3.8, 4) is 5.75 Å². The number of ether oxygens (including phenoxy) is 1. The van der Waals surface area contributed by atoms with Gasteiger partial charge in [0.25, 0.3) is 5.91 Å². The maximum atomic E-state index is 11.9. The molecule has 1 amide bonds. The summed E-state index contributed by atoms with van der Waals surface area (Å²) in [5.74, 6) is -0.210. The summed E-state index contributed by atoms with van der Waals surface area (Å²) in [4.78, 5) is 23.6. The van der Waals surface area contributed by atoms with Gasteiger partial charge in [-0.3, -0.25) is 14.9 Å². The van der Waals surface area contributed by atoms with E-state index in [4.69, 9.17) is 10.5 Å². The van der Waals surface area contributed by atoms with Crippen LogP contribution in [0.1, 0.15) is 24.2 Å². The number of carbonyl (C=O) groups excluding carboxylic acids is 1. The topological polar surface area (TPSA) is 98.7 Å². The van der Waals surface area contributed by atoms with Crippen molar-refractivity contribution in [2.75, 3.05) is 20.7 Å². The minimum atomic E-state index is -0.630. The average molecular weight is 281 g/mol. The van der Waals surface area contributed by atoms with E-state index < -0.39 is 10.5 Å². The molecule has 0 fully saturated rings. The highest BCUT2D eigenvalue weighted by Crippen LogP contribution is 2.28. The van der Waals surface area contributed by atoms with Crippen molar-refractivity contribution in [3.63, 3.8) is 0 Å². The molecule has 110 valence electrons. The average Bonchev–Trinajstić information content (AvgIpc) is 2.33. The van der Waals surface area contributed by atoms with Gasteiger partial charge in [0.2, 0.25) is 0 Å². The van der Waals surface area contributed by atoms with Gasteiger partial charge >= 0.3 is 5.69 Å². The number of nitrogens with two attached hydrogens (primary N) is 1. The van der Waals surface area contributed by atoms with E-state index in [1.165, 1.54) is 23.1 Å². The summed E-state index contributed by atoms with van der Waals surface area (Å²) in [5, 5.41) is 11.0. The summed E-state index contributed by atoms with van der Waals surface area (Å²) in [5.41, 5.74) is 5.29. The molecular weight excluding hydrogens is 262 g/mol. The summed E-state index contributed by atoms with van der Waals surface area (Å²) in [6.07, 6.45) is 0. The second-order valence-electron chi connectivity index (χ2n) is 5.42. The largest absolute Gasteiger partial charge is 0.485 e. The monoisotopic (exact) mass is 281 g/mol. The van der Waals surface area contributed by atoms with E-state index in [0.29, 0.717) is 5.56 Å². The molecule has 0 aromatic heterocycles. The molecule has 0 atom stereocenters. The van der Waals surface area contributed by atoms with Crippen LogP contribution >= 0.6 is 0 Å². The molecular formula is C13H19N3O4. The van der Waals surface area contributed by atoms with Gasteiger partial charge in [-0.05, 0) is 19.9 Å². The number of benzene rings is 1. The Morgan fingerprint density at radius 2 is 2.05 bits per heavy atom. The minimum Gasteiger partial charge on any atom is -0.485 e. The van der Waals surface area contributed by atoms with Gasteiger partial charge < -0.3 is 15.4 Å². The van der Waals surface area contributed by atoms with Crippen molar-refractivity contribution in [2.45, 2.75) is 19.4 Å². The number of rotatable bonds is 5. The molecule has 7 heteroatoms. The summed E-state index contributed by atoms with van der Waals surface area (Å²) >= 11 is 0. The summed E-state index contributed by atoms with van der Waals surface area (Å²) < 4.78 is 5.40. The zero-order valence-electron chi connectivity index (χ0n) is 12.0. The van der Waals surface area contributed by atoms with Crippen LogP contribution in [0.25, 0.3) is 0 Å². The van der Waals surface area contributed by atoms with Gasteiger partial charge in [0, 0.05) is 37.3 Å². The molecule has 0 aliphatic carbocycles. The van der Waals surface area contributed by atoms with Crippen molar-refractivity contribution in [1.82, 2.24) is 4.90 Å². The number of nitro groups is 1. The lowest BCUT2D eigenvalue weighted by atomic mass is 10.1. The quantitative estimate of drug-likeness (QED) is 0.650. The number of amides is 1. The molecule has 1 aromatic rings. The van der Waals surface area contributed by atoms with Crippen LogP contribution in [0, 0.1) is 10.1 Å². The van der Waals surface area contributed by atoms with Gasteiger partial charge in [0.1, 0.15) is 6.61 Å². The maximum Gasteiger partial charge on any atom is 0.310 e. The second kappa shape index (κ2) is 5.87. The van der Waals surface area contributed by atoms with E-state index in [2.05, 4.69) is 0 Å². The molecule has 0 aliphatic rings. The van der Waals surface area contributed by atoms with Crippen LogP contribution in [-0.4, -0.2) is 42.0 Å². The number of nitrogens with zero attached hydrogens (tertiary/aromatic N) is 2. The molecule has 0 unspecified atom stereocenters. The van der Waals surface area contributed by atoms with Gasteiger partial charge in [-0.15, -0.1) is 0 Å². The Bertz CT molecular complexity index is 521. The van der Waals surface area contributed by atoms with Crippen molar-refractivity contribution < 1.29 is 14.5 Å². The number of nitro benzene ring substituents is 1. The van der Waals surface area contributed by atoms with E-state index in [1.54, 1.807) is 27.9 Å². The smallest absolute Gasteiger partial charge is 0.310 e. The Hall–Kier alpha value is -2.15. The molecule has 0 radical (unpaired) electrons. The predicted octanol–water partition coefficient (Wildman–Crippen LogP) is 1.41. The Morgan fingerprint density at radius 3 is 2.50 bits per heavy atom. The normalized spacial score (nSPS) is 11.1. The lowest BCUT2D eigenvalue weighted by molar-refractivity contribution is -0.385. The van der Waals surface area contributed by atoms with Crippen molar-refractivity contribution in [2.24, 2.45) is 5.73 Å². The van der Waals surface area contributed by atoms with Crippen LogP contribution in [0.2, 0.25) is 0 Å². The summed E-state index contributed by atoms with van der Waals surface area (Å²) in [7, 11) is 3.21. The molecule has 0 bridgehead atoms. The first-order valence-electron chi connectivity index (χ1n) is 6.03. The van der Waals surface area contributed by atoms with Crippen LogP contribution in [0.3, 0.4) is 0 Å². The van der Waals surface area contributed by atoms with Gasteiger partial charge in [-0.1, -0.05) is 0 Å². The highest BCUT2D eigenvalue weighted by Gasteiger charge is 2.21. The Morgan fingerprint density at radius 1 is 1.45 bits per heavy atom. The third kappa shape index (κ3) is 4.20. The van der Waals surface area contributed by atoms with Crippen LogP contribution < -0.4 is 10.5 Å². The highest BCUT2D eigenvalue weighted by atomic mass is 16.6. The van der Waals surface area contributed by atoms with Gasteiger partial charge in [0.05, 0.1) is 4.92 Å². The molecule has 7 nitrogen and oxygen atoms in total. The van der Waals surface area contributed by atoms with E-state index >= 15 is 0 Å². The molecule has 0 heterocycles. The van der Waals surface area contributed by atoms with Crippen molar-refractivity contribution >= 4 is 11.6 Å². The molecule has 0 spiro atoms. The third-order valence-electron chi connectivity index (χ3n) is 2.41. The zero-order chi connectivity index (χ0) is 15.5. The summed E-state index contributed by atoms with van der Waals surface area (Å²) in [6, 6.07) is 4.03. The number of carbonyl (C=O) groups is 1. The molecule has 20 heavy (non-hydrogen) atoms. The van der Waals surface area contributed by atoms with Gasteiger partial charge in [-0.2, -0.15) is 0 Å². The first-order chi connectivity index (χ1) is 9.11. The standard InChI is InChI=1S/C13H19N3O4/c1-13(2,14)8-20-11-7-9(12(17)15(3)4)5-6-10(11)16(18)19/h5-7H,8,14H2,1-4H3. The van der Waals surface area contributed by atoms with Crippen LogP contribution in [0.5, 0.6) is 5.75 Å². The zero-order valence-corrected chi connectivity index (χ0v) is 12.0. The molecule has 0 saturated carbocycles. The molecule has 0 aliphatic heterocycles. The van der Waals surface area contributed by atoms with Gasteiger partial charge in [-0.25, -0.2) is 0 Å². The van der Waals surface area contributed by atoms with Crippen LogP contribution in [-0.2, 0) is 0 Å². The second-order valence-corrected chi connectivity index (χ2v) is 5.42. The fourth-order valence-corrected chi connectivity index (χ4v) is 1.44. The van der Waals surface area contributed by atoms with Gasteiger partial charge in [0.15, 0.2) is 5.75 Å². The lowest BCUT2D eigenvalue weighted by Crippen LogP contribution is -2.38. The molecule has 1 rings (SSSR count). The Labute approximate surface area is 117 Å². The maximum absolute atomic E-state index is 11.9. The lowest BCUT2D eigenvalue weighted by Gasteiger charge is -2.19. The molecule has 2 N–H and O–H groups in total. The fourth-order valence-electron chi connectivity index (χ4n) is 1.44. The molecule has 0 saturated heterocycles. The fraction of sp³-hybridized carbons (Fsp3) is 0.462. The van der Waals surface area contributed by atoms with E-state index in [1.807, 2.05) is 0 Å². The number of hydrogen-bond donors (Lipinski definition) is 1. The van der Waals surface area contributed by atoms with E-state index in [-0.39, 0.29) is 24.0 Å². The Kier molecular flexibility index (Phi) is 4.67. The predicted molar refractivity (Wildman–Crippen MR) is 74.9 cm³/mol. The Balaban J connectivity index is 3.12. The first-order valence-corrected chi connectivity index (χ1v) is 6.03. The minimum absolute atomic E-state index is 0.0428. The van der Waals surface area contributed by atoms with E-state index in [9.17, 15) is 14.9 Å². The molecule has 1 aromatic carbocycles. The van der Waals surface area contributed by atoms with Crippen LogP contribution in [0.15, 0.2) is 18.2 Å². The summed E-state index contributed by atoms with van der Waals surface area (Å²) in [6.45, 7) is 3.59. The highest BCUT2D eigenvalue weighted by molar-refractivity contribution is 5.94. The number of hydrogen-bond acceptors (Lipinski definition) is 5. The van der Waals surface area contributed by atoms with Crippen molar-refractivity contribution in [3.05, 3.63) is 33.9 Å². The van der Waals surface area contributed by atoms with Crippen molar-refractivity contribution in [1.29, 1.82) is 0 Å². The van der Waals surface area contributed by atoms with E-state index in [0.717, 1.165) is 0 Å². The third-order valence-corrected chi connectivity index (χ3v) is 2.41.